The standard InChI is InChI=1S/C18H18N2O/c1-21-16-10-9-14-6-5-11-18(13-19,17(14)12-16)20-15-7-3-2-4-8-15/h2-4,7-10,12,20H,5-6,11H2,1H3. The smallest absolute Gasteiger partial charge is 0.151 e. The Morgan fingerprint density at radius 2 is 2.00 bits per heavy atom. The van der Waals surface area contributed by atoms with Crippen LogP contribution in [0.4, 0.5) is 5.69 Å². The topological polar surface area (TPSA) is 45.0 Å². The van der Waals surface area contributed by atoms with Crippen LogP contribution in [0.15, 0.2) is 48.5 Å². The molecule has 3 heteroatoms. The molecule has 1 aliphatic rings. The van der Waals surface area contributed by atoms with Gasteiger partial charge in [0.25, 0.3) is 0 Å². The predicted octanol–water partition coefficient (Wildman–Crippen LogP) is 3.86. The number of ether oxygens (including phenoxy) is 1. The summed E-state index contributed by atoms with van der Waals surface area (Å²) in [6.07, 6.45) is 2.82. The molecule has 0 amide bonds. The van der Waals surface area contributed by atoms with Crippen molar-refractivity contribution >= 4 is 5.69 Å². The highest BCUT2D eigenvalue weighted by molar-refractivity contribution is 5.55. The molecule has 0 radical (unpaired) electrons. The fourth-order valence-corrected chi connectivity index (χ4v) is 3.02. The number of fused-ring (bicyclic) bond motifs is 1. The number of aryl methyl sites for hydroxylation is 1. The van der Waals surface area contributed by atoms with E-state index in [-0.39, 0.29) is 0 Å². The monoisotopic (exact) mass is 278 g/mol. The van der Waals surface area contributed by atoms with E-state index >= 15 is 0 Å². The number of hydrogen-bond donors (Lipinski definition) is 1. The molecular weight excluding hydrogens is 260 g/mol. The Labute approximate surface area is 125 Å². The van der Waals surface area contributed by atoms with E-state index < -0.39 is 5.54 Å². The first-order chi connectivity index (χ1) is 10.3. The third kappa shape index (κ3) is 2.45. The molecule has 0 spiro atoms. The number of benzene rings is 2. The van der Waals surface area contributed by atoms with E-state index in [1.807, 2.05) is 42.5 Å². The second-order valence-electron chi connectivity index (χ2n) is 5.38. The summed E-state index contributed by atoms with van der Waals surface area (Å²) >= 11 is 0. The molecule has 2 aromatic rings. The van der Waals surface area contributed by atoms with Crippen molar-refractivity contribution < 1.29 is 4.74 Å². The zero-order valence-corrected chi connectivity index (χ0v) is 12.1. The van der Waals surface area contributed by atoms with Crippen LogP contribution in [0.1, 0.15) is 24.0 Å². The van der Waals surface area contributed by atoms with E-state index in [4.69, 9.17) is 4.74 Å². The molecule has 106 valence electrons. The minimum atomic E-state index is -0.677. The van der Waals surface area contributed by atoms with Gasteiger partial charge in [-0.15, -0.1) is 0 Å². The van der Waals surface area contributed by atoms with E-state index in [9.17, 15) is 5.26 Å². The number of rotatable bonds is 3. The van der Waals surface area contributed by atoms with Crippen LogP contribution in [0.25, 0.3) is 0 Å². The largest absolute Gasteiger partial charge is 0.497 e. The molecule has 1 N–H and O–H groups in total. The van der Waals surface area contributed by atoms with E-state index in [2.05, 4.69) is 17.5 Å². The van der Waals surface area contributed by atoms with Gasteiger partial charge in [0.2, 0.25) is 0 Å². The van der Waals surface area contributed by atoms with Gasteiger partial charge in [0.15, 0.2) is 5.54 Å². The van der Waals surface area contributed by atoms with E-state index in [1.165, 1.54) is 5.56 Å². The van der Waals surface area contributed by atoms with Gasteiger partial charge in [-0.2, -0.15) is 5.26 Å². The average Bonchev–Trinajstić information content (AvgIpc) is 2.55. The highest BCUT2D eigenvalue weighted by Crippen LogP contribution is 2.39. The van der Waals surface area contributed by atoms with Crippen molar-refractivity contribution in [1.82, 2.24) is 0 Å². The molecule has 3 rings (SSSR count). The minimum Gasteiger partial charge on any atom is -0.497 e. The van der Waals surface area contributed by atoms with Gasteiger partial charge in [-0.25, -0.2) is 0 Å². The maximum Gasteiger partial charge on any atom is 0.151 e. The second kappa shape index (κ2) is 5.49. The van der Waals surface area contributed by atoms with Crippen LogP contribution in [0.3, 0.4) is 0 Å². The molecule has 3 nitrogen and oxygen atoms in total. The Morgan fingerprint density at radius 1 is 1.19 bits per heavy atom. The van der Waals surface area contributed by atoms with Crippen molar-refractivity contribution in [2.75, 3.05) is 12.4 Å². The molecular formula is C18H18N2O. The lowest BCUT2D eigenvalue weighted by molar-refractivity contribution is 0.410. The molecule has 0 heterocycles. The fraction of sp³-hybridized carbons (Fsp3) is 0.278. The van der Waals surface area contributed by atoms with Crippen LogP contribution in [0, 0.1) is 11.3 Å². The van der Waals surface area contributed by atoms with Crippen LogP contribution in [-0.4, -0.2) is 7.11 Å². The van der Waals surface area contributed by atoms with Gasteiger partial charge in [-0.3, -0.25) is 0 Å². The highest BCUT2D eigenvalue weighted by atomic mass is 16.5. The molecule has 0 saturated carbocycles. The SMILES string of the molecule is COc1ccc2c(c1)C(C#N)(Nc1ccccc1)CCC2. The number of para-hydroxylation sites is 1. The zero-order valence-electron chi connectivity index (χ0n) is 12.1. The number of methoxy groups -OCH3 is 1. The quantitative estimate of drug-likeness (QED) is 0.927. The summed E-state index contributed by atoms with van der Waals surface area (Å²) in [5.74, 6) is 0.796. The minimum absolute atomic E-state index is 0.677. The van der Waals surface area contributed by atoms with Gasteiger partial charge < -0.3 is 10.1 Å². The normalized spacial score (nSPS) is 20.2. The molecule has 1 unspecified atom stereocenters. The predicted molar refractivity (Wildman–Crippen MR) is 83.3 cm³/mol. The van der Waals surface area contributed by atoms with Crippen molar-refractivity contribution in [3.63, 3.8) is 0 Å². The van der Waals surface area contributed by atoms with Gasteiger partial charge in [0, 0.05) is 5.69 Å². The molecule has 0 fully saturated rings. The summed E-state index contributed by atoms with van der Waals surface area (Å²) in [4.78, 5) is 0. The highest BCUT2D eigenvalue weighted by Gasteiger charge is 2.37. The average molecular weight is 278 g/mol. The van der Waals surface area contributed by atoms with Crippen molar-refractivity contribution in [2.24, 2.45) is 0 Å². The van der Waals surface area contributed by atoms with Crippen LogP contribution in [-0.2, 0) is 12.0 Å². The third-order valence-electron chi connectivity index (χ3n) is 4.10. The van der Waals surface area contributed by atoms with Gasteiger partial charge in [0.1, 0.15) is 5.75 Å². The van der Waals surface area contributed by atoms with Gasteiger partial charge in [-0.05, 0) is 54.7 Å². The number of anilines is 1. The van der Waals surface area contributed by atoms with Gasteiger partial charge in [-0.1, -0.05) is 24.3 Å². The number of hydrogen-bond acceptors (Lipinski definition) is 3. The van der Waals surface area contributed by atoms with E-state index in [0.717, 1.165) is 36.3 Å². The van der Waals surface area contributed by atoms with Crippen molar-refractivity contribution in [2.45, 2.75) is 24.8 Å². The van der Waals surface area contributed by atoms with Crippen LogP contribution in [0.2, 0.25) is 0 Å². The van der Waals surface area contributed by atoms with Crippen LogP contribution >= 0.6 is 0 Å². The zero-order chi connectivity index (χ0) is 14.7. The van der Waals surface area contributed by atoms with Gasteiger partial charge >= 0.3 is 0 Å². The summed E-state index contributed by atoms with van der Waals surface area (Å²) in [7, 11) is 1.66. The second-order valence-corrected chi connectivity index (χ2v) is 5.38. The summed E-state index contributed by atoms with van der Waals surface area (Å²) in [6.45, 7) is 0. The molecule has 0 aromatic heterocycles. The van der Waals surface area contributed by atoms with Crippen LogP contribution < -0.4 is 10.1 Å². The Morgan fingerprint density at radius 3 is 2.71 bits per heavy atom. The molecule has 0 aliphatic heterocycles. The summed E-state index contributed by atoms with van der Waals surface area (Å²) in [6, 6.07) is 18.5. The van der Waals surface area contributed by atoms with Crippen LogP contribution in [0.5, 0.6) is 5.75 Å². The number of nitriles is 1. The molecule has 0 bridgehead atoms. The first kappa shape index (κ1) is 13.5. The first-order valence-electron chi connectivity index (χ1n) is 7.19. The molecule has 21 heavy (non-hydrogen) atoms. The number of nitrogens with one attached hydrogen (secondary N) is 1. The summed E-state index contributed by atoms with van der Waals surface area (Å²) < 4.78 is 5.33. The maximum absolute atomic E-state index is 9.86. The van der Waals surface area contributed by atoms with E-state index in [0.29, 0.717) is 0 Å². The van der Waals surface area contributed by atoms with E-state index in [1.54, 1.807) is 7.11 Å². The Hall–Kier alpha value is -2.47. The lowest BCUT2D eigenvalue weighted by Gasteiger charge is -2.35. The molecule has 0 saturated heterocycles. The Balaban J connectivity index is 2.06. The van der Waals surface area contributed by atoms with Crippen molar-refractivity contribution in [1.29, 1.82) is 5.26 Å². The lowest BCUT2D eigenvalue weighted by atomic mass is 9.77. The van der Waals surface area contributed by atoms with Crippen molar-refractivity contribution in [3.8, 4) is 11.8 Å². The lowest BCUT2D eigenvalue weighted by Crippen LogP contribution is -2.37. The third-order valence-corrected chi connectivity index (χ3v) is 4.10. The Bertz CT molecular complexity index is 675. The Kier molecular flexibility index (Phi) is 3.53. The summed E-state index contributed by atoms with van der Waals surface area (Å²) in [5.41, 5.74) is 2.56. The first-order valence-corrected chi connectivity index (χ1v) is 7.19. The number of nitrogens with zero attached hydrogens (tertiary/aromatic N) is 1. The molecule has 2 aromatic carbocycles. The fourth-order valence-electron chi connectivity index (χ4n) is 3.02. The molecule has 1 aliphatic carbocycles. The summed E-state index contributed by atoms with van der Waals surface area (Å²) in [5, 5.41) is 13.3. The van der Waals surface area contributed by atoms with Gasteiger partial charge in [0.05, 0.1) is 13.2 Å². The molecule has 1 atom stereocenters. The maximum atomic E-state index is 9.86. The van der Waals surface area contributed by atoms with Crippen molar-refractivity contribution in [3.05, 3.63) is 59.7 Å².